The van der Waals surface area contributed by atoms with Crippen molar-refractivity contribution in [3.63, 3.8) is 0 Å². The fourth-order valence-electron chi connectivity index (χ4n) is 4.18. The maximum absolute atomic E-state index is 4.05. The summed E-state index contributed by atoms with van der Waals surface area (Å²) in [5.74, 6) is 0. The molecule has 5 heteroatoms. The van der Waals surface area contributed by atoms with Crippen LogP contribution in [0.2, 0.25) is 0 Å². The van der Waals surface area contributed by atoms with E-state index in [-0.39, 0.29) is 5.54 Å². The zero-order valence-corrected chi connectivity index (χ0v) is 13.6. The van der Waals surface area contributed by atoms with E-state index in [2.05, 4.69) is 73.6 Å². The van der Waals surface area contributed by atoms with Crippen LogP contribution < -0.4 is 5.32 Å². The highest BCUT2D eigenvalue weighted by atomic mass is 15.2. The summed E-state index contributed by atoms with van der Waals surface area (Å²) in [5, 5.41) is 11.0. The number of piperidine rings is 1. The number of likely N-dealkylation sites (tertiary alicyclic amines) is 1. The number of hydrogen-bond donors (Lipinski definition) is 2. The predicted octanol–water partition coefficient (Wildman–Crippen LogP) is 3.12. The first-order valence-electron chi connectivity index (χ1n) is 8.60. The number of anilines is 1. The number of para-hydroxylation sites is 2. The summed E-state index contributed by atoms with van der Waals surface area (Å²) in [6, 6.07) is 15.1. The van der Waals surface area contributed by atoms with Crippen molar-refractivity contribution < 1.29 is 0 Å². The van der Waals surface area contributed by atoms with Crippen LogP contribution in [0.4, 0.5) is 5.69 Å². The van der Waals surface area contributed by atoms with Gasteiger partial charge in [0.05, 0.1) is 16.9 Å². The van der Waals surface area contributed by atoms with E-state index < -0.39 is 0 Å². The van der Waals surface area contributed by atoms with Gasteiger partial charge in [0.25, 0.3) is 0 Å². The molecule has 0 saturated carbocycles. The molecule has 1 aromatic carbocycles. The molecule has 0 bridgehead atoms. The molecule has 0 aliphatic carbocycles. The Morgan fingerprint density at radius 2 is 1.92 bits per heavy atom. The highest BCUT2D eigenvalue weighted by Gasteiger charge is 2.41. The quantitative estimate of drug-likeness (QED) is 0.763. The lowest BCUT2D eigenvalue weighted by molar-refractivity contribution is 0.160. The topological polar surface area (TPSA) is 48.9 Å². The average molecular weight is 319 g/mol. The monoisotopic (exact) mass is 319 g/mol. The predicted molar refractivity (Wildman–Crippen MR) is 94.2 cm³/mol. The van der Waals surface area contributed by atoms with Crippen LogP contribution in [0, 0.1) is 0 Å². The molecule has 0 radical (unpaired) electrons. The molecule has 1 fully saturated rings. The summed E-state index contributed by atoms with van der Waals surface area (Å²) in [7, 11) is 0. The molecule has 2 aromatic heterocycles. The number of rotatable bonds is 2. The molecule has 122 valence electrons. The van der Waals surface area contributed by atoms with Crippen LogP contribution in [0.15, 0.2) is 54.9 Å². The van der Waals surface area contributed by atoms with Gasteiger partial charge in [0.1, 0.15) is 0 Å². The minimum Gasteiger partial charge on any atom is -0.372 e. The number of nitrogens with one attached hydrogen (secondary N) is 2. The van der Waals surface area contributed by atoms with Crippen molar-refractivity contribution in [1.82, 2.24) is 19.7 Å². The minimum absolute atomic E-state index is 0.0440. The van der Waals surface area contributed by atoms with Gasteiger partial charge in [-0.2, -0.15) is 5.10 Å². The lowest BCUT2D eigenvalue weighted by Gasteiger charge is -2.46. The number of benzene rings is 1. The lowest BCUT2D eigenvalue weighted by Crippen LogP contribution is -2.49. The summed E-state index contributed by atoms with van der Waals surface area (Å²) in [6.07, 6.45) is 6.24. The van der Waals surface area contributed by atoms with Gasteiger partial charge in [-0.3, -0.25) is 10.00 Å². The van der Waals surface area contributed by atoms with Crippen molar-refractivity contribution in [2.24, 2.45) is 0 Å². The first-order valence-corrected chi connectivity index (χ1v) is 8.60. The van der Waals surface area contributed by atoms with Crippen molar-refractivity contribution in [2.45, 2.75) is 24.9 Å². The van der Waals surface area contributed by atoms with E-state index in [1.54, 1.807) is 0 Å². The molecular weight excluding hydrogens is 298 g/mol. The van der Waals surface area contributed by atoms with Crippen molar-refractivity contribution in [3.05, 3.63) is 66.2 Å². The molecule has 2 N–H and O–H groups in total. The summed E-state index contributed by atoms with van der Waals surface area (Å²) in [5.41, 5.74) is 5.12. The number of fused-ring (bicyclic) bond motifs is 4. The van der Waals surface area contributed by atoms with Crippen LogP contribution in [-0.2, 0) is 12.1 Å². The molecule has 24 heavy (non-hydrogen) atoms. The van der Waals surface area contributed by atoms with E-state index in [0.717, 1.165) is 32.5 Å². The van der Waals surface area contributed by atoms with Gasteiger partial charge in [0.15, 0.2) is 0 Å². The SMILES string of the molecule is c1ccc2c(c1)NC1(CCN(Cc3ccn[nH]3)CC1)c1cccn1-2. The molecule has 4 heterocycles. The molecule has 5 rings (SSSR count). The largest absolute Gasteiger partial charge is 0.372 e. The Labute approximate surface area is 141 Å². The van der Waals surface area contributed by atoms with Gasteiger partial charge < -0.3 is 9.88 Å². The van der Waals surface area contributed by atoms with Gasteiger partial charge in [-0.1, -0.05) is 12.1 Å². The minimum atomic E-state index is 0.0440. The van der Waals surface area contributed by atoms with Crippen LogP contribution in [0.25, 0.3) is 5.69 Å². The summed E-state index contributed by atoms with van der Waals surface area (Å²) < 4.78 is 2.36. The third-order valence-corrected chi connectivity index (χ3v) is 5.44. The molecule has 0 unspecified atom stereocenters. The van der Waals surface area contributed by atoms with Crippen LogP contribution >= 0.6 is 0 Å². The fraction of sp³-hybridized carbons (Fsp3) is 0.316. The second kappa shape index (κ2) is 5.24. The first kappa shape index (κ1) is 13.9. The van der Waals surface area contributed by atoms with Crippen molar-refractivity contribution >= 4 is 5.69 Å². The van der Waals surface area contributed by atoms with Crippen molar-refractivity contribution in [2.75, 3.05) is 18.4 Å². The van der Waals surface area contributed by atoms with E-state index >= 15 is 0 Å². The Balaban J connectivity index is 1.42. The second-order valence-electron chi connectivity index (χ2n) is 6.85. The summed E-state index contributed by atoms with van der Waals surface area (Å²) in [6.45, 7) is 3.12. The number of aromatic nitrogens is 3. The van der Waals surface area contributed by atoms with E-state index in [9.17, 15) is 0 Å². The summed E-state index contributed by atoms with van der Waals surface area (Å²) in [4.78, 5) is 2.51. The molecule has 5 nitrogen and oxygen atoms in total. The Hall–Kier alpha value is -2.53. The van der Waals surface area contributed by atoms with Crippen LogP contribution in [0.3, 0.4) is 0 Å². The standard InChI is InChI=1S/C19H21N5/c1-2-5-17-16(4-1)21-19(18-6-3-11-24(17)18)8-12-23(13-9-19)14-15-7-10-20-22-15/h1-7,10-11,21H,8-9,12-14H2,(H,20,22). The smallest absolute Gasteiger partial charge is 0.0804 e. The van der Waals surface area contributed by atoms with Crippen LogP contribution in [-0.4, -0.2) is 32.8 Å². The number of H-pyrrole nitrogens is 1. The van der Waals surface area contributed by atoms with Gasteiger partial charge in [-0.15, -0.1) is 0 Å². The van der Waals surface area contributed by atoms with E-state index in [1.807, 2.05) is 6.20 Å². The normalized spacial score (nSPS) is 18.8. The van der Waals surface area contributed by atoms with Gasteiger partial charge in [-0.05, 0) is 43.2 Å². The molecule has 1 spiro atoms. The fourth-order valence-corrected chi connectivity index (χ4v) is 4.18. The van der Waals surface area contributed by atoms with Gasteiger partial charge >= 0.3 is 0 Å². The maximum atomic E-state index is 4.05. The molecule has 1 saturated heterocycles. The Kier molecular flexibility index (Phi) is 3.03. The Bertz CT molecular complexity index is 840. The van der Waals surface area contributed by atoms with Gasteiger partial charge in [-0.25, -0.2) is 0 Å². The number of nitrogens with zero attached hydrogens (tertiary/aromatic N) is 3. The summed E-state index contributed by atoms with van der Waals surface area (Å²) >= 11 is 0. The van der Waals surface area contributed by atoms with Gasteiger partial charge in [0, 0.05) is 43.4 Å². The molecule has 2 aliphatic rings. The second-order valence-corrected chi connectivity index (χ2v) is 6.85. The third kappa shape index (κ3) is 2.08. The third-order valence-electron chi connectivity index (χ3n) is 5.44. The van der Waals surface area contributed by atoms with E-state index in [1.165, 1.54) is 22.8 Å². The lowest BCUT2D eigenvalue weighted by atomic mass is 9.82. The zero-order chi connectivity index (χ0) is 16.0. The first-order chi connectivity index (χ1) is 11.8. The zero-order valence-electron chi connectivity index (χ0n) is 13.6. The molecule has 2 aliphatic heterocycles. The Morgan fingerprint density at radius 1 is 1.04 bits per heavy atom. The molecule has 3 aromatic rings. The van der Waals surface area contributed by atoms with Crippen LogP contribution in [0.5, 0.6) is 0 Å². The molecule has 0 amide bonds. The molecular formula is C19H21N5. The van der Waals surface area contributed by atoms with Crippen molar-refractivity contribution in [3.8, 4) is 5.69 Å². The highest BCUT2D eigenvalue weighted by Crippen LogP contribution is 2.43. The average Bonchev–Trinajstić information content (AvgIpc) is 3.29. The van der Waals surface area contributed by atoms with E-state index in [0.29, 0.717) is 0 Å². The van der Waals surface area contributed by atoms with Crippen LogP contribution in [0.1, 0.15) is 24.2 Å². The van der Waals surface area contributed by atoms with Gasteiger partial charge in [0.2, 0.25) is 0 Å². The highest BCUT2D eigenvalue weighted by molar-refractivity contribution is 5.66. The number of aromatic amines is 1. The van der Waals surface area contributed by atoms with Crippen molar-refractivity contribution in [1.29, 1.82) is 0 Å². The maximum Gasteiger partial charge on any atom is 0.0804 e. The van der Waals surface area contributed by atoms with E-state index in [4.69, 9.17) is 0 Å². The number of hydrogen-bond acceptors (Lipinski definition) is 3. The molecule has 0 atom stereocenters. The Morgan fingerprint density at radius 3 is 2.75 bits per heavy atom.